The third kappa shape index (κ3) is 39.6. The fourth-order valence-electron chi connectivity index (χ4n) is 0.404. The summed E-state index contributed by atoms with van der Waals surface area (Å²) in [7, 11) is -3.13. The van der Waals surface area contributed by atoms with E-state index >= 15 is 0 Å². The molecule has 0 saturated carbocycles. The van der Waals surface area contributed by atoms with Gasteiger partial charge in [-0.2, -0.15) is 0 Å². The van der Waals surface area contributed by atoms with Gasteiger partial charge in [-0.15, -0.1) is 0 Å². The Morgan fingerprint density at radius 3 is 2.27 bits per heavy atom. The molecule has 0 aliphatic rings. The van der Waals surface area contributed by atoms with Gasteiger partial charge in [-0.05, 0) is 26.1 Å². The Labute approximate surface area is 67.6 Å². The molecule has 5 nitrogen and oxygen atoms in total. The lowest BCUT2D eigenvalue weighted by atomic mass is 10.4. The van der Waals surface area contributed by atoms with Gasteiger partial charge in [-0.1, -0.05) is 6.92 Å². The molecule has 0 aliphatic heterocycles. The monoisotopic (exact) mass is 184 g/mol. The van der Waals surface area contributed by atoms with Crippen LogP contribution in [0.1, 0.15) is 13.3 Å². The van der Waals surface area contributed by atoms with Crippen molar-refractivity contribution in [2.24, 2.45) is 5.73 Å². The standard InChI is InChI=1S/C5H14N2.H3O3P/c1-2-7-5-3-4-6;1-4(2)3/h7H,2-6H2,1H3;4H,(H2,1,2,3). The Kier molecular flexibility index (Phi) is 15.8. The van der Waals surface area contributed by atoms with E-state index in [1.165, 1.54) is 0 Å². The predicted molar refractivity (Wildman–Crippen MR) is 45.7 cm³/mol. The highest BCUT2D eigenvalue weighted by atomic mass is 31.1. The second-order valence-electron chi connectivity index (χ2n) is 1.78. The van der Waals surface area contributed by atoms with E-state index in [4.69, 9.17) is 20.1 Å². The van der Waals surface area contributed by atoms with Gasteiger partial charge in [0.2, 0.25) is 0 Å². The summed E-state index contributed by atoms with van der Waals surface area (Å²) in [5.41, 5.74) is 5.23. The SMILES string of the molecule is CCNCCCN.O=[PH](O)O. The van der Waals surface area contributed by atoms with Crippen LogP contribution in [-0.4, -0.2) is 29.4 Å². The van der Waals surface area contributed by atoms with E-state index in [9.17, 15) is 0 Å². The maximum atomic E-state index is 8.74. The first-order chi connectivity index (χ1) is 5.15. The number of rotatable bonds is 4. The zero-order chi connectivity index (χ0) is 9.11. The molecule has 0 fully saturated rings. The molecular weight excluding hydrogens is 167 g/mol. The Balaban J connectivity index is 0. The summed E-state index contributed by atoms with van der Waals surface area (Å²) in [5, 5.41) is 3.17. The first-order valence-electron chi connectivity index (χ1n) is 3.47. The molecule has 11 heavy (non-hydrogen) atoms. The molecule has 0 radical (unpaired) electrons. The summed E-state index contributed by atoms with van der Waals surface area (Å²) >= 11 is 0. The van der Waals surface area contributed by atoms with Crippen LogP contribution in [0.15, 0.2) is 0 Å². The van der Waals surface area contributed by atoms with Gasteiger partial charge in [-0.3, -0.25) is 4.57 Å². The fourth-order valence-corrected chi connectivity index (χ4v) is 0.404. The predicted octanol–water partition coefficient (Wildman–Crippen LogP) is -0.695. The van der Waals surface area contributed by atoms with Crippen molar-refractivity contribution in [2.45, 2.75) is 13.3 Å². The molecule has 5 N–H and O–H groups in total. The van der Waals surface area contributed by atoms with E-state index in [1.807, 2.05) is 0 Å². The zero-order valence-electron chi connectivity index (χ0n) is 6.71. The van der Waals surface area contributed by atoms with Crippen molar-refractivity contribution in [1.29, 1.82) is 0 Å². The molecule has 0 saturated heterocycles. The van der Waals surface area contributed by atoms with E-state index in [0.717, 1.165) is 26.1 Å². The van der Waals surface area contributed by atoms with E-state index in [2.05, 4.69) is 12.2 Å². The average Bonchev–Trinajstić information content (AvgIpc) is 1.88. The third-order valence-electron chi connectivity index (χ3n) is 0.808. The molecule has 0 rings (SSSR count). The maximum absolute atomic E-state index is 8.74. The normalized spacial score (nSPS) is 9.18. The molecule has 6 heteroatoms. The number of nitrogens with two attached hydrogens (primary N) is 1. The van der Waals surface area contributed by atoms with Crippen molar-refractivity contribution in [3.8, 4) is 0 Å². The van der Waals surface area contributed by atoms with Gasteiger partial charge in [0.25, 0.3) is 0 Å². The van der Waals surface area contributed by atoms with Gasteiger partial charge < -0.3 is 20.8 Å². The molecule has 0 atom stereocenters. The molecule has 0 aromatic rings. The minimum atomic E-state index is -3.13. The Morgan fingerprint density at radius 2 is 2.00 bits per heavy atom. The Bertz CT molecular complexity index is 83.8. The number of nitrogens with one attached hydrogen (secondary N) is 1. The Hall–Kier alpha value is 0.0700. The van der Waals surface area contributed by atoms with Crippen LogP contribution in [0.5, 0.6) is 0 Å². The highest BCUT2D eigenvalue weighted by Gasteiger charge is 1.77. The van der Waals surface area contributed by atoms with Gasteiger partial charge in [0.05, 0.1) is 0 Å². The lowest BCUT2D eigenvalue weighted by Gasteiger charge is -1.95. The van der Waals surface area contributed by atoms with E-state index < -0.39 is 8.25 Å². The third-order valence-corrected chi connectivity index (χ3v) is 0.808. The summed E-state index contributed by atoms with van der Waals surface area (Å²) in [5.74, 6) is 0. The van der Waals surface area contributed by atoms with Crippen LogP contribution in [0.25, 0.3) is 0 Å². The van der Waals surface area contributed by atoms with Gasteiger partial charge in [0.15, 0.2) is 0 Å². The second kappa shape index (κ2) is 12.7. The van der Waals surface area contributed by atoms with E-state index in [1.54, 1.807) is 0 Å². The van der Waals surface area contributed by atoms with Gasteiger partial charge in [0.1, 0.15) is 0 Å². The highest BCUT2D eigenvalue weighted by molar-refractivity contribution is 7.30. The quantitative estimate of drug-likeness (QED) is 0.342. The van der Waals surface area contributed by atoms with Crippen LogP contribution in [0.3, 0.4) is 0 Å². The van der Waals surface area contributed by atoms with Crippen molar-refractivity contribution in [2.75, 3.05) is 19.6 Å². The van der Waals surface area contributed by atoms with Crippen LogP contribution in [0.2, 0.25) is 0 Å². The molecule has 0 aliphatic carbocycles. The van der Waals surface area contributed by atoms with Gasteiger partial charge in [0, 0.05) is 0 Å². The number of hydrogen-bond acceptors (Lipinski definition) is 3. The second-order valence-corrected chi connectivity index (χ2v) is 2.34. The van der Waals surface area contributed by atoms with Crippen LogP contribution < -0.4 is 11.1 Å². The lowest BCUT2D eigenvalue weighted by molar-refractivity contribution is 0.405. The molecule has 0 amide bonds. The van der Waals surface area contributed by atoms with Crippen molar-refractivity contribution in [3.05, 3.63) is 0 Å². The molecule has 0 aromatic heterocycles. The molecule has 0 unspecified atom stereocenters. The molecule has 70 valence electrons. The largest absolute Gasteiger partial charge is 0.330 e. The fraction of sp³-hybridized carbons (Fsp3) is 1.00. The molecule has 0 aromatic carbocycles. The Morgan fingerprint density at radius 1 is 1.55 bits per heavy atom. The molecule has 0 spiro atoms. The van der Waals surface area contributed by atoms with E-state index in [-0.39, 0.29) is 0 Å². The zero-order valence-corrected chi connectivity index (χ0v) is 7.71. The minimum absolute atomic E-state index is 0.799. The van der Waals surface area contributed by atoms with Crippen LogP contribution >= 0.6 is 8.25 Å². The van der Waals surface area contributed by atoms with Crippen molar-refractivity contribution in [3.63, 3.8) is 0 Å². The summed E-state index contributed by atoms with van der Waals surface area (Å²) in [6.07, 6.45) is 1.09. The summed E-state index contributed by atoms with van der Waals surface area (Å²) < 4.78 is 8.74. The van der Waals surface area contributed by atoms with Gasteiger partial charge >= 0.3 is 8.25 Å². The van der Waals surface area contributed by atoms with Crippen molar-refractivity contribution in [1.82, 2.24) is 5.32 Å². The van der Waals surface area contributed by atoms with Crippen LogP contribution in [0, 0.1) is 0 Å². The van der Waals surface area contributed by atoms with Crippen molar-refractivity contribution < 1.29 is 14.4 Å². The highest BCUT2D eigenvalue weighted by Crippen LogP contribution is 1.98. The summed E-state index contributed by atoms with van der Waals surface area (Å²) in [6.45, 7) is 5.01. The lowest BCUT2D eigenvalue weighted by Crippen LogP contribution is -2.17. The van der Waals surface area contributed by atoms with Crippen LogP contribution in [-0.2, 0) is 4.57 Å². The topological polar surface area (TPSA) is 95.6 Å². The van der Waals surface area contributed by atoms with Gasteiger partial charge in [-0.25, -0.2) is 0 Å². The number of hydrogen-bond donors (Lipinski definition) is 4. The smallest absolute Gasteiger partial charge is 0.314 e. The molecule has 0 heterocycles. The minimum Gasteiger partial charge on any atom is -0.330 e. The van der Waals surface area contributed by atoms with E-state index in [0.29, 0.717) is 0 Å². The maximum Gasteiger partial charge on any atom is 0.314 e. The van der Waals surface area contributed by atoms with Crippen molar-refractivity contribution >= 4 is 8.25 Å². The first-order valence-corrected chi connectivity index (χ1v) is 4.78. The summed E-state index contributed by atoms with van der Waals surface area (Å²) in [4.78, 5) is 14.3. The van der Waals surface area contributed by atoms with Crippen LogP contribution in [0.4, 0.5) is 0 Å². The molecular formula is C5H17N2O3P. The molecule has 0 bridgehead atoms. The summed E-state index contributed by atoms with van der Waals surface area (Å²) in [6, 6.07) is 0. The first kappa shape index (κ1) is 13.6. The average molecular weight is 184 g/mol.